The Kier molecular flexibility index (Phi) is 1.98. The zero-order chi connectivity index (χ0) is 10.3. The molecule has 0 saturated heterocycles. The molecule has 0 aromatic rings. The second-order valence-corrected chi connectivity index (χ2v) is 4.40. The Balaban J connectivity index is 2.13. The molecule has 0 aromatic heterocycles. The number of rotatable bonds is 2. The number of esters is 1. The van der Waals surface area contributed by atoms with Crippen molar-refractivity contribution in [3.63, 3.8) is 0 Å². The molecule has 0 radical (unpaired) electrons. The van der Waals surface area contributed by atoms with E-state index in [1.165, 1.54) is 0 Å². The summed E-state index contributed by atoms with van der Waals surface area (Å²) in [5.74, 6) is 0.115. The van der Waals surface area contributed by atoms with Crippen molar-refractivity contribution in [1.82, 2.24) is 0 Å². The lowest BCUT2D eigenvalue weighted by Crippen LogP contribution is -2.38. The Morgan fingerprint density at radius 3 is 2.79 bits per heavy atom. The number of carbonyl (C=O) groups excluding carboxylic acids is 2. The highest BCUT2D eigenvalue weighted by Crippen LogP contribution is 2.47. The molecule has 14 heavy (non-hydrogen) atoms. The topological polar surface area (TPSA) is 43.4 Å². The Morgan fingerprint density at radius 2 is 2.36 bits per heavy atom. The van der Waals surface area contributed by atoms with Crippen molar-refractivity contribution in [3.8, 4) is 0 Å². The number of fused-ring (bicyclic) bond motifs is 2. The third-order valence-electron chi connectivity index (χ3n) is 3.19. The standard InChI is InChI=1S/C11H14O3/c1-7(2)10(13)14-11-4-3-8(6-11)5-9(11)12/h8H,1,3-6H2,2H3. The van der Waals surface area contributed by atoms with Gasteiger partial charge in [0.25, 0.3) is 0 Å². The first-order valence-corrected chi connectivity index (χ1v) is 4.96. The molecule has 2 atom stereocenters. The van der Waals surface area contributed by atoms with Crippen LogP contribution in [0, 0.1) is 5.92 Å². The van der Waals surface area contributed by atoms with Gasteiger partial charge in [-0.05, 0) is 32.1 Å². The molecule has 2 bridgehead atoms. The largest absolute Gasteiger partial charge is 0.448 e. The van der Waals surface area contributed by atoms with E-state index in [2.05, 4.69) is 6.58 Å². The van der Waals surface area contributed by atoms with E-state index in [0.29, 0.717) is 24.3 Å². The van der Waals surface area contributed by atoms with Gasteiger partial charge < -0.3 is 4.74 Å². The average molecular weight is 194 g/mol. The molecule has 2 unspecified atom stereocenters. The van der Waals surface area contributed by atoms with Crippen molar-refractivity contribution in [3.05, 3.63) is 12.2 Å². The molecular weight excluding hydrogens is 180 g/mol. The Hall–Kier alpha value is -1.12. The second-order valence-electron chi connectivity index (χ2n) is 4.40. The van der Waals surface area contributed by atoms with E-state index in [1.54, 1.807) is 6.92 Å². The summed E-state index contributed by atoms with van der Waals surface area (Å²) < 4.78 is 5.28. The lowest BCUT2D eigenvalue weighted by atomic mass is 9.95. The predicted molar refractivity (Wildman–Crippen MR) is 50.6 cm³/mol. The molecule has 0 aliphatic heterocycles. The van der Waals surface area contributed by atoms with Gasteiger partial charge in [-0.25, -0.2) is 4.79 Å². The quantitative estimate of drug-likeness (QED) is 0.495. The zero-order valence-corrected chi connectivity index (χ0v) is 8.34. The third-order valence-corrected chi connectivity index (χ3v) is 3.19. The van der Waals surface area contributed by atoms with Crippen LogP contribution in [0.4, 0.5) is 0 Å². The molecule has 2 fully saturated rings. The van der Waals surface area contributed by atoms with Crippen molar-refractivity contribution in [1.29, 1.82) is 0 Å². The van der Waals surface area contributed by atoms with Crippen molar-refractivity contribution in [2.45, 2.75) is 38.2 Å². The third kappa shape index (κ3) is 1.27. The molecule has 0 spiro atoms. The maximum atomic E-state index is 11.6. The van der Waals surface area contributed by atoms with Gasteiger partial charge in [-0.15, -0.1) is 0 Å². The number of Topliss-reactive ketones (excluding diaryl/α,β-unsaturated/α-hetero) is 1. The predicted octanol–water partition coefficient (Wildman–Crippen LogP) is 1.62. The van der Waals surface area contributed by atoms with Gasteiger partial charge in [-0.2, -0.15) is 0 Å². The summed E-state index contributed by atoms with van der Waals surface area (Å²) in [6.07, 6.45) is 3.03. The summed E-state index contributed by atoms with van der Waals surface area (Å²) in [7, 11) is 0. The van der Waals surface area contributed by atoms with Crippen LogP contribution < -0.4 is 0 Å². The van der Waals surface area contributed by atoms with Crippen LogP contribution in [-0.2, 0) is 14.3 Å². The minimum atomic E-state index is -0.777. The van der Waals surface area contributed by atoms with E-state index >= 15 is 0 Å². The average Bonchev–Trinajstić information content (AvgIpc) is 2.60. The minimum absolute atomic E-state index is 0.100. The molecule has 0 heterocycles. The Morgan fingerprint density at radius 1 is 1.64 bits per heavy atom. The molecule has 76 valence electrons. The van der Waals surface area contributed by atoms with E-state index in [1.807, 2.05) is 0 Å². The van der Waals surface area contributed by atoms with Gasteiger partial charge in [0, 0.05) is 12.0 Å². The van der Waals surface area contributed by atoms with Crippen molar-refractivity contribution in [2.24, 2.45) is 5.92 Å². The summed E-state index contributed by atoms with van der Waals surface area (Å²) >= 11 is 0. The van der Waals surface area contributed by atoms with Gasteiger partial charge in [0.2, 0.25) is 0 Å². The molecule has 0 aromatic carbocycles. The van der Waals surface area contributed by atoms with Gasteiger partial charge in [-0.3, -0.25) is 4.79 Å². The van der Waals surface area contributed by atoms with E-state index < -0.39 is 11.6 Å². The zero-order valence-electron chi connectivity index (χ0n) is 8.34. The number of hydrogen-bond donors (Lipinski definition) is 0. The van der Waals surface area contributed by atoms with E-state index in [4.69, 9.17) is 4.74 Å². The van der Waals surface area contributed by atoms with Crippen LogP contribution in [0.2, 0.25) is 0 Å². The first kappa shape index (κ1) is 9.44. The first-order chi connectivity index (χ1) is 6.53. The van der Waals surface area contributed by atoms with Crippen LogP contribution in [0.5, 0.6) is 0 Å². The van der Waals surface area contributed by atoms with Crippen LogP contribution in [-0.4, -0.2) is 17.4 Å². The monoisotopic (exact) mass is 194 g/mol. The van der Waals surface area contributed by atoms with Crippen LogP contribution in [0.25, 0.3) is 0 Å². The van der Waals surface area contributed by atoms with Gasteiger partial charge in [0.15, 0.2) is 11.4 Å². The van der Waals surface area contributed by atoms with Crippen LogP contribution >= 0.6 is 0 Å². The lowest BCUT2D eigenvalue weighted by molar-refractivity contribution is -0.161. The molecular formula is C11H14O3. The van der Waals surface area contributed by atoms with Crippen LogP contribution in [0.3, 0.4) is 0 Å². The SMILES string of the molecule is C=C(C)C(=O)OC12CCC(CC1=O)C2. The molecule has 2 aliphatic rings. The summed E-state index contributed by atoms with van der Waals surface area (Å²) in [4.78, 5) is 23.0. The van der Waals surface area contributed by atoms with Crippen LogP contribution in [0.15, 0.2) is 12.2 Å². The van der Waals surface area contributed by atoms with Crippen molar-refractivity contribution >= 4 is 11.8 Å². The first-order valence-electron chi connectivity index (χ1n) is 4.96. The second kappa shape index (κ2) is 2.94. The smallest absolute Gasteiger partial charge is 0.334 e. The molecule has 2 rings (SSSR count). The van der Waals surface area contributed by atoms with Gasteiger partial charge >= 0.3 is 5.97 Å². The van der Waals surface area contributed by atoms with E-state index in [0.717, 1.165) is 12.8 Å². The van der Waals surface area contributed by atoms with Crippen LogP contribution in [0.1, 0.15) is 32.6 Å². The number of carbonyl (C=O) groups is 2. The lowest BCUT2D eigenvalue weighted by Gasteiger charge is -2.25. The van der Waals surface area contributed by atoms with Gasteiger partial charge in [0.05, 0.1) is 0 Å². The fourth-order valence-corrected chi connectivity index (χ4v) is 2.40. The fraction of sp³-hybridized carbons (Fsp3) is 0.636. The highest BCUT2D eigenvalue weighted by molar-refractivity contribution is 5.95. The Labute approximate surface area is 83.1 Å². The minimum Gasteiger partial charge on any atom is -0.448 e. The van der Waals surface area contributed by atoms with Gasteiger partial charge in [0.1, 0.15) is 0 Å². The Bertz CT molecular complexity index is 318. The van der Waals surface area contributed by atoms with Crippen molar-refractivity contribution < 1.29 is 14.3 Å². The maximum Gasteiger partial charge on any atom is 0.334 e. The molecule has 0 amide bonds. The molecule has 3 heteroatoms. The number of ether oxygens (including phenoxy) is 1. The van der Waals surface area contributed by atoms with E-state index in [-0.39, 0.29) is 5.78 Å². The summed E-state index contributed by atoms with van der Waals surface area (Å²) in [6.45, 7) is 5.12. The summed E-state index contributed by atoms with van der Waals surface area (Å²) in [6, 6.07) is 0. The van der Waals surface area contributed by atoms with Gasteiger partial charge in [-0.1, -0.05) is 6.58 Å². The summed E-state index contributed by atoms with van der Waals surface area (Å²) in [5.41, 5.74) is -0.414. The normalized spacial score (nSPS) is 34.6. The number of ketones is 1. The highest BCUT2D eigenvalue weighted by atomic mass is 16.6. The molecule has 2 aliphatic carbocycles. The molecule has 3 nitrogen and oxygen atoms in total. The fourth-order valence-electron chi connectivity index (χ4n) is 2.40. The summed E-state index contributed by atoms with van der Waals surface area (Å²) in [5, 5.41) is 0. The number of hydrogen-bond acceptors (Lipinski definition) is 3. The molecule has 2 saturated carbocycles. The maximum absolute atomic E-state index is 11.6. The van der Waals surface area contributed by atoms with Crippen molar-refractivity contribution in [2.75, 3.05) is 0 Å². The van der Waals surface area contributed by atoms with E-state index in [9.17, 15) is 9.59 Å². The highest BCUT2D eigenvalue weighted by Gasteiger charge is 2.54. The molecule has 0 N–H and O–H groups in total.